The van der Waals surface area contributed by atoms with E-state index < -0.39 is 5.97 Å². The van der Waals surface area contributed by atoms with Crippen molar-refractivity contribution in [3.8, 4) is 5.75 Å². The molecule has 0 heterocycles. The number of nitrogens with one attached hydrogen (secondary N) is 1. The van der Waals surface area contributed by atoms with Gasteiger partial charge in [-0.05, 0) is 31.5 Å². The molecule has 0 saturated heterocycles. The van der Waals surface area contributed by atoms with Gasteiger partial charge < -0.3 is 14.8 Å². The number of aryl methyl sites for hydroxylation is 2. The summed E-state index contributed by atoms with van der Waals surface area (Å²) >= 11 is 0. The summed E-state index contributed by atoms with van der Waals surface area (Å²) in [5.74, 6) is -0.159. The van der Waals surface area contributed by atoms with Gasteiger partial charge in [-0.25, -0.2) is 4.79 Å². The highest BCUT2D eigenvalue weighted by Crippen LogP contribution is 2.16. The van der Waals surface area contributed by atoms with Gasteiger partial charge in [-0.15, -0.1) is 0 Å². The number of carbonyl (C=O) groups excluding carboxylic acids is 2. The minimum Gasteiger partial charge on any atom is -0.496 e. The summed E-state index contributed by atoms with van der Waals surface area (Å²) in [6, 6.07) is 12.9. The summed E-state index contributed by atoms with van der Waals surface area (Å²) in [5, 5.41) is 2.71. The van der Waals surface area contributed by atoms with Gasteiger partial charge in [0, 0.05) is 12.1 Å². The summed E-state index contributed by atoms with van der Waals surface area (Å²) < 4.78 is 10.3. The second kappa shape index (κ2) is 8.15. The SMILES string of the molecule is COc1ccccc1CNC(=O)COC(=O)c1cc(C)ccc1C. The zero-order valence-corrected chi connectivity index (χ0v) is 14.1. The molecule has 0 bridgehead atoms. The molecule has 0 saturated carbocycles. The molecule has 0 aliphatic rings. The molecule has 24 heavy (non-hydrogen) atoms. The first-order chi connectivity index (χ1) is 11.5. The number of para-hydroxylation sites is 1. The maximum absolute atomic E-state index is 12.1. The second-order valence-electron chi connectivity index (χ2n) is 5.48. The standard InChI is InChI=1S/C19H21NO4/c1-13-8-9-14(2)16(10-13)19(22)24-12-18(21)20-11-15-6-4-5-7-17(15)23-3/h4-10H,11-12H2,1-3H3,(H,20,21). The van der Waals surface area contributed by atoms with Crippen LogP contribution in [-0.2, 0) is 16.1 Å². The highest BCUT2D eigenvalue weighted by Gasteiger charge is 2.13. The first-order valence-corrected chi connectivity index (χ1v) is 7.64. The van der Waals surface area contributed by atoms with Crippen LogP contribution in [0.5, 0.6) is 5.75 Å². The Morgan fingerprint density at radius 1 is 1.08 bits per heavy atom. The Bertz CT molecular complexity index is 740. The number of hydrogen-bond acceptors (Lipinski definition) is 4. The maximum atomic E-state index is 12.1. The smallest absolute Gasteiger partial charge is 0.338 e. The van der Waals surface area contributed by atoms with Crippen LogP contribution in [-0.4, -0.2) is 25.6 Å². The van der Waals surface area contributed by atoms with Crippen LogP contribution < -0.4 is 10.1 Å². The van der Waals surface area contributed by atoms with E-state index >= 15 is 0 Å². The van der Waals surface area contributed by atoms with Crippen molar-refractivity contribution in [1.29, 1.82) is 0 Å². The van der Waals surface area contributed by atoms with Gasteiger partial charge in [-0.1, -0.05) is 35.9 Å². The molecule has 0 radical (unpaired) electrons. The average Bonchev–Trinajstić information content (AvgIpc) is 2.60. The molecule has 2 aromatic carbocycles. The number of amides is 1. The lowest BCUT2D eigenvalue weighted by Gasteiger charge is -2.10. The molecule has 0 spiro atoms. The molecule has 0 aliphatic carbocycles. The average molecular weight is 327 g/mol. The number of benzene rings is 2. The molecule has 0 atom stereocenters. The number of esters is 1. The number of rotatable bonds is 6. The molecule has 0 unspecified atom stereocenters. The van der Waals surface area contributed by atoms with Gasteiger partial charge in [0.05, 0.1) is 12.7 Å². The molecule has 1 amide bonds. The molecule has 126 valence electrons. The van der Waals surface area contributed by atoms with Crippen LogP contribution >= 0.6 is 0 Å². The lowest BCUT2D eigenvalue weighted by atomic mass is 10.1. The van der Waals surface area contributed by atoms with Crippen molar-refractivity contribution in [3.63, 3.8) is 0 Å². The van der Waals surface area contributed by atoms with Gasteiger partial charge in [0.2, 0.25) is 0 Å². The second-order valence-corrected chi connectivity index (χ2v) is 5.48. The lowest BCUT2D eigenvalue weighted by Crippen LogP contribution is -2.28. The first-order valence-electron chi connectivity index (χ1n) is 7.64. The van der Waals surface area contributed by atoms with E-state index in [9.17, 15) is 9.59 Å². The van der Waals surface area contributed by atoms with E-state index in [1.165, 1.54) is 0 Å². The molecule has 2 rings (SSSR count). The Labute approximate surface area is 141 Å². The van der Waals surface area contributed by atoms with Gasteiger partial charge in [0.15, 0.2) is 6.61 Å². The van der Waals surface area contributed by atoms with Crippen LogP contribution in [0.25, 0.3) is 0 Å². The highest BCUT2D eigenvalue weighted by atomic mass is 16.5. The molecule has 2 aromatic rings. The minimum absolute atomic E-state index is 0.309. The van der Waals surface area contributed by atoms with Crippen molar-refractivity contribution in [2.24, 2.45) is 0 Å². The third-order valence-corrected chi connectivity index (χ3v) is 3.62. The zero-order chi connectivity index (χ0) is 17.5. The van der Waals surface area contributed by atoms with E-state index in [1.807, 2.05) is 50.2 Å². The zero-order valence-electron chi connectivity index (χ0n) is 14.1. The lowest BCUT2D eigenvalue weighted by molar-refractivity contribution is -0.124. The van der Waals surface area contributed by atoms with E-state index in [1.54, 1.807) is 13.2 Å². The van der Waals surface area contributed by atoms with Crippen molar-refractivity contribution in [2.45, 2.75) is 20.4 Å². The summed E-state index contributed by atoms with van der Waals surface area (Å²) in [4.78, 5) is 23.9. The molecule has 1 N–H and O–H groups in total. The van der Waals surface area contributed by atoms with Crippen LogP contribution in [0.1, 0.15) is 27.0 Å². The van der Waals surface area contributed by atoms with E-state index in [-0.39, 0.29) is 12.5 Å². The van der Waals surface area contributed by atoms with Crippen molar-refractivity contribution >= 4 is 11.9 Å². The van der Waals surface area contributed by atoms with Crippen LogP contribution in [0.2, 0.25) is 0 Å². The predicted octanol–water partition coefficient (Wildman–Crippen LogP) is 2.79. The Kier molecular flexibility index (Phi) is 5.95. The van der Waals surface area contributed by atoms with Crippen LogP contribution in [0.15, 0.2) is 42.5 Å². The van der Waals surface area contributed by atoms with E-state index in [4.69, 9.17) is 9.47 Å². The van der Waals surface area contributed by atoms with E-state index in [0.29, 0.717) is 17.9 Å². The van der Waals surface area contributed by atoms with Crippen LogP contribution in [0.3, 0.4) is 0 Å². The number of carbonyl (C=O) groups is 2. The van der Waals surface area contributed by atoms with Crippen LogP contribution in [0, 0.1) is 13.8 Å². The summed E-state index contributed by atoms with van der Waals surface area (Å²) in [5.41, 5.74) is 3.12. The van der Waals surface area contributed by atoms with Gasteiger partial charge in [0.25, 0.3) is 5.91 Å². The molecule has 0 aliphatic heterocycles. The maximum Gasteiger partial charge on any atom is 0.338 e. The minimum atomic E-state index is -0.497. The Morgan fingerprint density at radius 3 is 2.58 bits per heavy atom. The summed E-state index contributed by atoms with van der Waals surface area (Å²) in [7, 11) is 1.58. The van der Waals surface area contributed by atoms with Gasteiger partial charge in [-0.3, -0.25) is 4.79 Å². The van der Waals surface area contributed by atoms with Crippen molar-refractivity contribution in [3.05, 3.63) is 64.7 Å². The number of ether oxygens (including phenoxy) is 2. The summed E-state index contributed by atoms with van der Waals surface area (Å²) in [6.07, 6.45) is 0. The van der Waals surface area contributed by atoms with Gasteiger partial charge >= 0.3 is 5.97 Å². The highest BCUT2D eigenvalue weighted by molar-refractivity contribution is 5.92. The van der Waals surface area contributed by atoms with Gasteiger partial charge in [0.1, 0.15) is 5.75 Å². The Hall–Kier alpha value is -2.82. The number of methoxy groups -OCH3 is 1. The summed E-state index contributed by atoms with van der Waals surface area (Å²) in [6.45, 7) is 3.72. The quantitative estimate of drug-likeness (QED) is 0.829. The molecular weight excluding hydrogens is 306 g/mol. The van der Waals surface area contributed by atoms with Gasteiger partial charge in [-0.2, -0.15) is 0 Å². The normalized spacial score (nSPS) is 10.1. The molecular formula is C19H21NO4. The molecule has 0 aromatic heterocycles. The predicted molar refractivity (Wildman–Crippen MR) is 91.0 cm³/mol. The number of hydrogen-bond donors (Lipinski definition) is 1. The molecule has 5 nitrogen and oxygen atoms in total. The van der Waals surface area contributed by atoms with E-state index in [0.717, 1.165) is 16.7 Å². The monoisotopic (exact) mass is 327 g/mol. The van der Waals surface area contributed by atoms with Crippen molar-refractivity contribution in [1.82, 2.24) is 5.32 Å². The fourth-order valence-electron chi connectivity index (χ4n) is 2.26. The third-order valence-electron chi connectivity index (χ3n) is 3.62. The molecule has 5 heteroatoms. The van der Waals surface area contributed by atoms with Crippen molar-refractivity contribution in [2.75, 3.05) is 13.7 Å². The van der Waals surface area contributed by atoms with Crippen LogP contribution in [0.4, 0.5) is 0 Å². The first kappa shape index (κ1) is 17.5. The Balaban J connectivity index is 1.87. The Morgan fingerprint density at radius 2 is 1.83 bits per heavy atom. The van der Waals surface area contributed by atoms with Crippen molar-refractivity contribution < 1.29 is 19.1 Å². The van der Waals surface area contributed by atoms with E-state index in [2.05, 4.69) is 5.32 Å². The topological polar surface area (TPSA) is 64.6 Å². The third kappa shape index (κ3) is 4.59. The largest absolute Gasteiger partial charge is 0.496 e. The fraction of sp³-hybridized carbons (Fsp3) is 0.263. The fourth-order valence-corrected chi connectivity index (χ4v) is 2.26. The molecule has 0 fully saturated rings.